The second-order valence-electron chi connectivity index (χ2n) is 6.79. The van der Waals surface area contributed by atoms with Crippen LogP contribution in [-0.2, 0) is 14.3 Å². The number of nitrogens with zero attached hydrogens (tertiary/aromatic N) is 2. The highest BCUT2D eigenvalue weighted by atomic mass is 16.6. The Kier molecular flexibility index (Phi) is 6.66. The second kappa shape index (κ2) is 9.40. The number of carbonyl (C=O) groups excluding carboxylic acids is 2. The molecule has 0 radical (unpaired) electrons. The number of aliphatic hydroxyl groups is 1. The summed E-state index contributed by atoms with van der Waals surface area (Å²) in [6, 6.07) is 11.2. The van der Waals surface area contributed by atoms with E-state index in [0.717, 1.165) is 0 Å². The highest BCUT2D eigenvalue weighted by molar-refractivity contribution is 6.46. The van der Waals surface area contributed by atoms with E-state index in [9.17, 15) is 24.8 Å². The number of Topliss-reactive ketones (excluding diaryl/α,β-unsaturated/α-hetero) is 1. The molecule has 2 aromatic carbocycles. The molecule has 1 atom stereocenters. The summed E-state index contributed by atoms with van der Waals surface area (Å²) >= 11 is 0. The first kappa shape index (κ1) is 22.0. The topological polar surface area (TPSA) is 119 Å². The lowest BCUT2D eigenvalue weighted by molar-refractivity contribution is -0.384. The van der Waals surface area contributed by atoms with Gasteiger partial charge in [-0.3, -0.25) is 19.7 Å². The van der Waals surface area contributed by atoms with Crippen LogP contribution in [0.1, 0.15) is 24.1 Å². The van der Waals surface area contributed by atoms with Crippen LogP contribution in [0.5, 0.6) is 5.75 Å². The van der Waals surface area contributed by atoms with Gasteiger partial charge >= 0.3 is 0 Å². The van der Waals surface area contributed by atoms with Gasteiger partial charge in [-0.2, -0.15) is 0 Å². The predicted molar refractivity (Wildman–Crippen MR) is 112 cm³/mol. The smallest absolute Gasteiger partial charge is 0.295 e. The molecule has 2 aromatic rings. The highest BCUT2D eigenvalue weighted by Gasteiger charge is 2.46. The Morgan fingerprint density at radius 3 is 2.52 bits per heavy atom. The van der Waals surface area contributed by atoms with Gasteiger partial charge in [0.15, 0.2) is 0 Å². The first-order chi connectivity index (χ1) is 14.9. The third kappa shape index (κ3) is 4.41. The summed E-state index contributed by atoms with van der Waals surface area (Å²) in [5, 5.41) is 22.0. The maximum absolute atomic E-state index is 12.9. The number of nitro benzene ring substituents is 1. The molecule has 9 nitrogen and oxygen atoms in total. The van der Waals surface area contributed by atoms with Crippen LogP contribution in [0.4, 0.5) is 5.69 Å². The largest absolute Gasteiger partial charge is 0.507 e. The van der Waals surface area contributed by atoms with Crippen LogP contribution in [0, 0.1) is 10.1 Å². The minimum Gasteiger partial charge on any atom is -0.507 e. The minimum absolute atomic E-state index is 0.0939. The quantitative estimate of drug-likeness (QED) is 0.226. The number of non-ortho nitro benzene ring substituents is 1. The van der Waals surface area contributed by atoms with E-state index >= 15 is 0 Å². The predicted octanol–water partition coefficient (Wildman–Crippen LogP) is 3.06. The number of hydrogen-bond donors (Lipinski definition) is 1. The molecule has 0 spiro atoms. The number of carbonyl (C=O) groups is 2. The zero-order valence-corrected chi connectivity index (χ0v) is 17.1. The fourth-order valence-electron chi connectivity index (χ4n) is 3.48. The van der Waals surface area contributed by atoms with Gasteiger partial charge in [0.2, 0.25) is 0 Å². The fraction of sp³-hybridized carbons (Fsp3) is 0.273. The molecule has 0 aromatic heterocycles. The maximum atomic E-state index is 12.9. The molecular weight excluding hydrogens is 404 g/mol. The highest BCUT2D eigenvalue weighted by Crippen LogP contribution is 2.40. The number of amides is 1. The van der Waals surface area contributed by atoms with Gasteiger partial charge in [-0.05, 0) is 36.8 Å². The number of ketones is 1. The van der Waals surface area contributed by atoms with Crippen molar-refractivity contribution in [2.45, 2.75) is 13.0 Å². The van der Waals surface area contributed by atoms with Crippen LogP contribution in [-0.4, -0.2) is 53.5 Å². The molecule has 3 rings (SSSR count). The molecule has 162 valence electrons. The van der Waals surface area contributed by atoms with Gasteiger partial charge in [0.25, 0.3) is 17.4 Å². The summed E-state index contributed by atoms with van der Waals surface area (Å²) in [5.41, 5.74) is 0.566. The lowest BCUT2D eigenvalue weighted by atomic mass is 9.95. The normalized spacial score (nSPS) is 17.7. The molecule has 1 amide bonds. The van der Waals surface area contributed by atoms with Gasteiger partial charge in [-0.1, -0.05) is 12.1 Å². The molecule has 0 aliphatic carbocycles. The van der Waals surface area contributed by atoms with E-state index in [1.54, 1.807) is 24.3 Å². The minimum atomic E-state index is -0.910. The summed E-state index contributed by atoms with van der Waals surface area (Å²) in [6.45, 7) is 2.53. The zero-order valence-electron chi connectivity index (χ0n) is 17.1. The van der Waals surface area contributed by atoms with Crippen molar-refractivity contribution in [3.05, 3.63) is 75.3 Å². The average Bonchev–Trinajstić information content (AvgIpc) is 3.02. The molecule has 31 heavy (non-hydrogen) atoms. The summed E-state index contributed by atoms with van der Waals surface area (Å²) in [7, 11) is 1.47. The standard InChI is InChI=1S/C22H22N2O7/c1-3-31-17-6-4-5-15(13-17)20(25)18-19(14-7-9-16(10-8-14)24(28)29)23(11-12-30-2)22(27)21(18)26/h4-10,13,19,25H,3,11-12H2,1-2H3/b20-18+. The van der Waals surface area contributed by atoms with Crippen LogP contribution in [0.2, 0.25) is 0 Å². The van der Waals surface area contributed by atoms with Crippen molar-refractivity contribution in [1.29, 1.82) is 0 Å². The molecule has 1 fully saturated rings. The number of hydrogen-bond acceptors (Lipinski definition) is 7. The maximum Gasteiger partial charge on any atom is 0.295 e. The Morgan fingerprint density at radius 2 is 1.90 bits per heavy atom. The van der Waals surface area contributed by atoms with Crippen LogP contribution in [0.15, 0.2) is 54.1 Å². The number of rotatable bonds is 8. The number of methoxy groups -OCH3 is 1. The Labute approximate surface area is 178 Å². The Balaban J connectivity index is 2.13. The number of ether oxygens (including phenoxy) is 2. The van der Waals surface area contributed by atoms with E-state index in [0.29, 0.717) is 23.5 Å². The summed E-state index contributed by atoms with van der Waals surface area (Å²) in [6.07, 6.45) is 0. The van der Waals surface area contributed by atoms with Gasteiger partial charge < -0.3 is 19.5 Å². The fourth-order valence-corrected chi connectivity index (χ4v) is 3.48. The van der Waals surface area contributed by atoms with E-state index in [4.69, 9.17) is 9.47 Å². The molecule has 0 saturated carbocycles. The molecule has 1 saturated heterocycles. The lowest BCUT2D eigenvalue weighted by Crippen LogP contribution is -2.32. The molecule has 1 aliphatic heterocycles. The Hall–Kier alpha value is -3.72. The van der Waals surface area contributed by atoms with E-state index in [2.05, 4.69) is 0 Å². The van der Waals surface area contributed by atoms with E-state index in [1.807, 2.05) is 6.92 Å². The van der Waals surface area contributed by atoms with Gasteiger partial charge in [0.05, 0.1) is 29.8 Å². The Bertz CT molecular complexity index is 1030. The molecular formula is C22H22N2O7. The van der Waals surface area contributed by atoms with Crippen molar-refractivity contribution in [2.24, 2.45) is 0 Å². The third-order valence-corrected chi connectivity index (χ3v) is 4.91. The van der Waals surface area contributed by atoms with Gasteiger partial charge in [-0.25, -0.2) is 0 Å². The summed E-state index contributed by atoms with van der Waals surface area (Å²) < 4.78 is 10.5. The number of aliphatic hydroxyl groups excluding tert-OH is 1. The summed E-state index contributed by atoms with van der Waals surface area (Å²) in [4.78, 5) is 37.4. The van der Waals surface area contributed by atoms with Gasteiger partial charge in [0.1, 0.15) is 11.5 Å². The van der Waals surface area contributed by atoms with Crippen molar-refractivity contribution < 1.29 is 29.1 Å². The molecule has 1 unspecified atom stereocenters. The molecule has 0 bridgehead atoms. The van der Waals surface area contributed by atoms with Crippen LogP contribution in [0.3, 0.4) is 0 Å². The molecule has 1 heterocycles. The number of nitro groups is 1. The first-order valence-corrected chi connectivity index (χ1v) is 9.64. The van der Waals surface area contributed by atoms with Crippen molar-refractivity contribution in [3.8, 4) is 5.75 Å². The third-order valence-electron chi connectivity index (χ3n) is 4.91. The SMILES string of the molecule is CCOc1cccc(/C(O)=C2\C(=O)C(=O)N(CCOC)C2c2ccc([N+](=O)[O-])cc2)c1. The number of likely N-dealkylation sites (tertiary alicyclic amines) is 1. The van der Waals surface area contributed by atoms with Crippen molar-refractivity contribution in [3.63, 3.8) is 0 Å². The van der Waals surface area contributed by atoms with E-state index in [1.165, 1.54) is 36.3 Å². The Morgan fingerprint density at radius 1 is 1.19 bits per heavy atom. The van der Waals surface area contributed by atoms with Crippen molar-refractivity contribution >= 4 is 23.1 Å². The molecule has 1 N–H and O–H groups in total. The lowest BCUT2D eigenvalue weighted by Gasteiger charge is -2.25. The van der Waals surface area contributed by atoms with Crippen molar-refractivity contribution in [2.75, 3.05) is 26.9 Å². The summed E-state index contributed by atoms with van der Waals surface area (Å²) in [5.74, 6) is -1.45. The zero-order chi connectivity index (χ0) is 22.5. The van der Waals surface area contributed by atoms with Gasteiger partial charge in [-0.15, -0.1) is 0 Å². The van der Waals surface area contributed by atoms with Crippen LogP contribution in [0.25, 0.3) is 5.76 Å². The van der Waals surface area contributed by atoms with E-state index < -0.39 is 22.7 Å². The van der Waals surface area contributed by atoms with Crippen molar-refractivity contribution in [1.82, 2.24) is 4.90 Å². The molecule has 1 aliphatic rings. The first-order valence-electron chi connectivity index (χ1n) is 9.64. The number of benzene rings is 2. The van der Waals surface area contributed by atoms with Gasteiger partial charge in [0, 0.05) is 31.4 Å². The second-order valence-corrected chi connectivity index (χ2v) is 6.79. The monoisotopic (exact) mass is 426 g/mol. The van der Waals surface area contributed by atoms with E-state index in [-0.39, 0.29) is 30.2 Å². The average molecular weight is 426 g/mol. The molecule has 9 heteroatoms. The van der Waals surface area contributed by atoms with Crippen LogP contribution < -0.4 is 4.74 Å². The van der Waals surface area contributed by atoms with Crippen LogP contribution >= 0.6 is 0 Å².